The molecule has 0 bridgehead atoms. The Labute approximate surface area is 59.7 Å². The lowest BCUT2D eigenvalue weighted by Crippen LogP contribution is -1.94. The summed E-state index contributed by atoms with van der Waals surface area (Å²) >= 11 is 0. The fourth-order valence-corrected chi connectivity index (χ4v) is 0.799. The van der Waals surface area contributed by atoms with Crippen molar-refractivity contribution in [2.75, 3.05) is 0 Å². The molecule has 0 amide bonds. The minimum atomic E-state index is -0.386. The van der Waals surface area contributed by atoms with E-state index in [9.17, 15) is 4.39 Å². The molecule has 0 aromatic carbocycles. The first kappa shape index (κ1) is 7.25. The molecular weight excluding hydrogens is 131 g/mol. The zero-order valence-corrected chi connectivity index (χ0v) is 6.19. The molecule has 1 rings (SSSR count). The molecule has 0 aliphatic rings. The summed E-state index contributed by atoms with van der Waals surface area (Å²) in [6, 6.07) is 2.53. The largest absolute Gasteiger partial charge is 0.242 e. The molecule has 55 valence electrons. The molecule has 0 fully saturated rings. The first-order valence-electron chi connectivity index (χ1n) is 3.34. The molecule has 1 radical (unpaired) electrons. The summed E-state index contributed by atoms with van der Waals surface area (Å²) in [7, 11) is 1.57. The van der Waals surface area contributed by atoms with Gasteiger partial charge in [-0.25, -0.2) is 4.68 Å². The highest BCUT2D eigenvalue weighted by atomic mass is 19.1. The summed E-state index contributed by atoms with van der Waals surface area (Å²) in [6.45, 7) is 2.03. The highest BCUT2D eigenvalue weighted by Crippen LogP contribution is 2.01. The third-order valence-electron chi connectivity index (χ3n) is 1.29. The summed E-state index contributed by atoms with van der Waals surface area (Å²) in [5.74, 6) is -0.386. The van der Waals surface area contributed by atoms with Crippen molar-refractivity contribution in [3.8, 4) is 0 Å². The van der Waals surface area contributed by atoms with Crippen molar-refractivity contribution in [1.29, 1.82) is 0 Å². The quantitative estimate of drug-likeness (QED) is 0.607. The molecule has 0 saturated heterocycles. The molecule has 0 N–H and O–H groups in total. The molecule has 1 heterocycles. The first-order valence-corrected chi connectivity index (χ1v) is 3.34. The summed E-state index contributed by atoms with van der Waals surface area (Å²) in [5, 5.41) is 3.89. The van der Waals surface area contributed by atoms with E-state index in [2.05, 4.69) is 11.2 Å². The second-order valence-corrected chi connectivity index (χ2v) is 2.24. The minimum absolute atomic E-state index is 0.386. The third kappa shape index (κ3) is 1.35. The zero-order valence-electron chi connectivity index (χ0n) is 6.19. The van der Waals surface area contributed by atoms with Crippen molar-refractivity contribution < 1.29 is 4.39 Å². The maximum Gasteiger partial charge on any atom is 0.219 e. The van der Waals surface area contributed by atoms with Crippen LogP contribution < -0.4 is 0 Å². The molecule has 0 aliphatic carbocycles. The number of aromatic nitrogens is 2. The van der Waals surface area contributed by atoms with Gasteiger partial charge in [0, 0.05) is 7.05 Å². The topological polar surface area (TPSA) is 17.8 Å². The van der Waals surface area contributed by atoms with Gasteiger partial charge in [-0.1, -0.05) is 13.3 Å². The van der Waals surface area contributed by atoms with Gasteiger partial charge in [-0.3, -0.25) is 0 Å². The number of hydrogen-bond donors (Lipinski definition) is 0. The van der Waals surface area contributed by atoms with Crippen LogP contribution in [0.1, 0.15) is 19.0 Å². The van der Waals surface area contributed by atoms with Gasteiger partial charge in [0.25, 0.3) is 0 Å². The van der Waals surface area contributed by atoms with Gasteiger partial charge in [-0.2, -0.15) is 9.49 Å². The summed E-state index contributed by atoms with van der Waals surface area (Å²) in [4.78, 5) is 0. The molecule has 0 atom stereocenters. The molecule has 3 heteroatoms. The van der Waals surface area contributed by atoms with E-state index in [1.807, 2.05) is 6.92 Å². The molecule has 0 unspecified atom stereocenters. The number of rotatable bonds is 2. The molecule has 10 heavy (non-hydrogen) atoms. The summed E-state index contributed by atoms with van der Waals surface area (Å²) in [5.41, 5.74) is 0.711. The smallest absolute Gasteiger partial charge is 0.219 e. The van der Waals surface area contributed by atoms with Crippen LogP contribution in [0.3, 0.4) is 0 Å². The van der Waals surface area contributed by atoms with Crippen LogP contribution in [0.4, 0.5) is 4.39 Å². The van der Waals surface area contributed by atoms with Crippen molar-refractivity contribution in [3.05, 3.63) is 17.7 Å². The number of halogens is 1. The fraction of sp³-hybridized carbons (Fsp3) is 0.571. The van der Waals surface area contributed by atoms with Crippen LogP contribution in [0, 0.1) is 12.0 Å². The predicted octanol–water partition coefficient (Wildman–Crippen LogP) is 1.31. The van der Waals surface area contributed by atoms with Crippen LogP contribution in [0.5, 0.6) is 0 Å². The molecule has 0 aliphatic heterocycles. The highest BCUT2D eigenvalue weighted by molar-refractivity contribution is 4.97. The van der Waals surface area contributed by atoms with E-state index in [4.69, 9.17) is 0 Å². The van der Waals surface area contributed by atoms with Crippen molar-refractivity contribution in [1.82, 2.24) is 9.78 Å². The van der Waals surface area contributed by atoms with Crippen molar-refractivity contribution >= 4 is 0 Å². The molecule has 0 saturated carbocycles. The van der Waals surface area contributed by atoms with Gasteiger partial charge in [0.2, 0.25) is 5.95 Å². The Morgan fingerprint density at radius 2 is 2.40 bits per heavy atom. The van der Waals surface area contributed by atoms with E-state index in [-0.39, 0.29) is 5.95 Å². The summed E-state index contributed by atoms with van der Waals surface area (Å²) in [6.07, 6.45) is 1.78. The Kier molecular flexibility index (Phi) is 2.04. The van der Waals surface area contributed by atoms with Gasteiger partial charge in [0.15, 0.2) is 0 Å². The monoisotopic (exact) mass is 141 g/mol. The van der Waals surface area contributed by atoms with Gasteiger partial charge < -0.3 is 0 Å². The molecule has 1 aromatic heterocycles. The Bertz CT molecular complexity index is 198. The lowest BCUT2D eigenvalue weighted by atomic mass is 10.3. The van der Waals surface area contributed by atoms with Gasteiger partial charge in [0.05, 0.1) is 11.8 Å². The molecular formula is C7H10FN2. The lowest BCUT2D eigenvalue weighted by Gasteiger charge is -1.87. The van der Waals surface area contributed by atoms with Crippen molar-refractivity contribution in [2.24, 2.45) is 7.05 Å². The summed E-state index contributed by atoms with van der Waals surface area (Å²) < 4.78 is 13.7. The van der Waals surface area contributed by atoms with Gasteiger partial charge >= 0.3 is 0 Å². The average Bonchev–Trinajstić information content (AvgIpc) is 2.14. The van der Waals surface area contributed by atoms with Crippen LogP contribution in [-0.4, -0.2) is 9.78 Å². The number of hydrogen-bond acceptors (Lipinski definition) is 1. The maximum atomic E-state index is 12.5. The lowest BCUT2D eigenvalue weighted by molar-refractivity contribution is 0.501. The fourth-order valence-electron chi connectivity index (χ4n) is 0.799. The van der Waals surface area contributed by atoms with E-state index in [1.54, 1.807) is 7.05 Å². The Balaban J connectivity index is 2.77. The maximum absolute atomic E-state index is 12.5. The average molecular weight is 141 g/mol. The zero-order chi connectivity index (χ0) is 7.56. The second-order valence-electron chi connectivity index (χ2n) is 2.24. The Morgan fingerprint density at radius 3 is 2.80 bits per heavy atom. The minimum Gasteiger partial charge on any atom is -0.242 e. The van der Waals surface area contributed by atoms with E-state index in [0.29, 0.717) is 5.69 Å². The van der Waals surface area contributed by atoms with Gasteiger partial charge in [-0.05, 0) is 6.42 Å². The van der Waals surface area contributed by atoms with Gasteiger partial charge in [0.1, 0.15) is 0 Å². The van der Waals surface area contributed by atoms with Crippen LogP contribution in [0.2, 0.25) is 0 Å². The van der Waals surface area contributed by atoms with Crippen LogP contribution in [0.25, 0.3) is 0 Å². The molecule has 1 aromatic rings. The predicted molar refractivity (Wildman–Crippen MR) is 36.0 cm³/mol. The second kappa shape index (κ2) is 2.82. The van der Waals surface area contributed by atoms with E-state index >= 15 is 0 Å². The van der Waals surface area contributed by atoms with Gasteiger partial charge in [-0.15, -0.1) is 0 Å². The van der Waals surface area contributed by atoms with Crippen molar-refractivity contribution in [3.63, 3.8) is 0 Å². The number of aryl methyl sites for hydroxylation is 2. The third-order valence-corrected chi connectivity index (χ3v) is 1.29. The highest BCUT2D eigenvalue weighted by Gasteiger charge is 2.02. The standard InChI is InChI=1S/C7H10FN2/c1-3-4-6-5-7(8)10(2)9-6/h3-4H2,1-2H3. The van der Waals surface area contributed by atoms with E-state index in [0.717, 1.165) is 12.8 Å². The SMILES string of the molecule is CCCc1[c]c(F)n(C)n1. The Morgan fingerprint density at radius 1 is 1.70 bits per heavy atom. The first-order chi connectivity index (χ1) is 4.74. The Hall–Kier alpha value is -0.860. The van der Waals surface area contributed by atoms with E-state index < -0.39 is 0 Å². The normalized spacial score (nSPS) is 10.3. The van der Waals surface area contributed by atoms with Crippen LogP contribution >= 0.6 is 0 Å². The van der Waals surface area contributed by atoms with Crippen LogP contribution in [-0.2, 0) is 13.5 Å². The van der Waals surface area contributed by atoms with Crippen molar-refractivity contribution in [2.45, 2.75) is 19.8 Å². The molecule has 0 spiro atoms. The van der Waals surface area contributed by atoms with Crippen LogP contribution in [0.15, 0.2) is 0 Å². The number of nitrogens with zero attached hydrogens (tertiary/aromatic N) is 2. The molecule has 2 nitrogen and oxygen atoms in total. The van der Waals surface area contributed by atoms with E-state index in [1.165, 1.54) is 4.68 Å².